The van der Waals surface area contributed by atoms with Crippen LogP contribution in [-0.2, 0) is 6.54 Å². The maximum absolute atomic E-state index is 12.4. The van der Waals surface area contributed by atoms with Gasteiger partial charge < -0.3 is 10.2 Å². The zero-order valence-electron chi connectivity index (χ0n) is 12.2. The lowest BCUT2D eigenvalue weighted by Gasteiger charge is -2.32. The molecule has 1 fully saturated rings. The molecule has 2 heterocycles. The molecular weight excluding hydrogens is 302 g/mol. The van der Waals surface area contributed by atoms with Crippen molar-refractivity contribution in [3.8, 4) is 0 Å². The van der Waals surface area contributed by atoms with Crippen molar-refractivity contribution in [3.63, 3.8) is 0 Å². The molecule has 3 rings (SSSR count). The Hall–Kier alpha value is -2.08. The number of hydrogen-bond donors (Lipinski definition) is 1. The van der Waals surface area contributed by atoms with Crippen molar-refractivity contribution >= 4 is 23.3 Å². The first-order valence-electron chi connectivity index (χ1n) is 7.35. The van der Waals surface area contributed by atoms with E-state index >= 15 is 0 Å². The molecule has 7 heteroatoms. The van der Waals surface area contributed by atoms with Crippen LogP contribution >= 0.6 is 11.6 Å². The second-order valence-corrected chi connectivity index (χ2v) is 5.89. The van der Waals surface area contributed by atoms with Crippen LogP contribution < -0.4 is 5.32 Å². The summed E-state index contributed by atoms with van der Waals surface area (Å²) in [6.45, 7) is 2.27. The first-order valence-corrected chi connectivity index (χ1v) is 7.73. The average Bonchev–Trinajstić information content (AvgIpc) is 3.03. The minimum atomic E-state index is -0.101. The van der Waals surface area contributed by atoms with Crippen LogP contribution in [0.1, 0.15) is 12.8 Å². The summed E-state index contributed by atoms with van der Waals surface area (Å²) >= 11 is 6.08. The third kappa shape index (κ3) is 3.57. The fraction of sp³-hybridized carbons (Fsp3) is 0.400. The number of rotatable bonds is 3. The molecule has 0 bridgehead atoms. The molecule has 2 aromatic rings. The molecule has 1 aromatic carbocycles. The van der Waals surface area contributed by atoms with Crippen LogP contribution in [0.15, 0.2) is 36.9 Å². The third-order valence-corrected chi connectivity index (χ3v) is 4.16. The SMILES string of the molecule is O=C(Nc1ccccc1Cl)N1CCC[C@H](Cn2cncn2)C1. The number of aromatic nitrogens is 3. The molecule has 0 unspecified atom stereocenters. The van der Waals surface area contributed by atoms with Crippen LogP contribution in [0.5, 0.6) is 0 Å². The molecule has 2 amide bonds. The van der Waals surface area contributed by atoms with E-state index in [2.05, 4.69) is 15.4 Å². The van der Waals surface area contributed by atoms with Crippen molar-refractivity contribution in [2.45, 2.75) is 19.4 Å². The third-order valence-electron chi connectivity index (χ3n) is 3.83. The van der Waals surface area contributed by atoms with Gasteiger partial charge in [0.1, 0.15) is 12.7 Å². The van der Waals surface area contributed by atoms with Crippen molar-refractivity contribution < 1.29 is 4.79 Å². The Balaban J connectivity index is 1.59. The van der Waals surface area contributed by atoms with Gasteiger partial charge in [-0.15, -0.1) is 0 Å². The maximum Gasteiger partial charge on any atom is 0.321 e. The van der Waals surface area contributed by atoms with Gasteiger partial charge in [0.25, 0.3) is 0 Å². The van der Waals surface area contributed by atoms with E-state index in [4.69, 9.17) is 11.6 Å². The number of likely N-dealkylation sites (tertiary alicyclic amines) is 1. The zero-order chi connectivity index (χ0) is 15.4. The summed E-state index contributed by atoms with van der Waals surface area (Å²) in [5.74, 6) is 0.396. The molecule has 0 spiro atoms. The second-order valence-electron chi connectivity index (χ2n) is 5.48. The minimum Gasteiger partial charge on any atom is -0.324 e. The van der Waals surface area contributed by atoms with E-state index in [1.165, 1.54) is 6.33 Å². The highest BCUT2D eigenvalue weighted by atomic mass is 35.5. The predicted molar refractivity (Wildman–Crippen MR) is 84.8 cm³/mol. The monoisotopic (exact) mass is 319 g/mol. The van der Waals surface area contributed by atoms with E-state index in [0.717, 1.165) is 32.5 Å². The molecule has 1 aliphatic rings. The number of piperidine rings is 1. The minimum absolute atomic E-state index is 0.101. The number of nitrogens with zero attached hydrogens (tertiary/aromatic N) is 4. The van der Waals surface area contributed by atoms with Gasteiger partial charge in [0, 0.05) is 19.6 Å². The highest BCUT2D eigenvalue weighted by Gasteiger charge is 2.24. The molecule has 0 aliphatic carbocycles. The van der Waals surface area contributed by atoms with Crippen LogP contribution in [-0.4, -0.2) is 38.8 Å². The van der Waals surface area contributed by atoms with Gasteiger partial charge in [-0.1, -0.05) is 23.7 Å². The number of anilines is 1. The van der Waals surface area contributed by atoms with E-state index in [0.29, 0.717) is 16.6 Å². The van der Waals surface area contributed by atoms with Crippen LogP contribution in [0.4, 0.5) is 10.5 Å². The summed E-state index contributed by atoms with van der Waals surface area (Å²) in [5, 5.41) is 7.56. The van der Waals surface area contributed by atoms with Crippen molar-refractivity contribution in [2.75, 3.05) is 18.4 Å². The maximum atomic E-state index is 12.4. The molecule has 116 valence electrons. The smallest absolute Gasteiger partial charge is 0.321 e. The van der Waals surface area contributed by atoms with Crippen molar-refractivity contribution in [3.05, 3.63) is 41.9 Å². The van der Waals surface area contributed by atoms with E-state index in [1.807, 2.05) is 21.7 Å². The molecule has 1 aliphatic heterocycles. The summed E-state index contributed by atoms with van der Waals surface area (Å²) < 4.78 is 1.82. The number of amides is 2. The van der Waals surface area contributed by atoms with Gasteiger partial charge in [-0.05, 0) is 30.9 Å². The average molecular weight is 320 g/mol. The van der Waals surface area contributed by atoms with Crippen LogP contribution in [0.25, 0.3) is 0 Å². The van der Waals surface area contributed by atoms with E-state index in [1.54, 1.807) is 18.5 Å². The predicted octanol–water partition coefficient (Wildman–Crippen LogP) is 2.88. The molecule has 1 atom stereocenters. The number of halogens is 1. The largest absolute Gasteiger partial charge is 0.324 e. The molecular formula is C15H18ClN5O. The Morgan fingerprint density at radius 3 is 3.05 bits per heavy atom. The molecule has 1 N–H and O–H groups in total. The first kappa shape index (κ1) is 14.8. The molecule has 22 heavy (non-hydrogen) atoms. The molecule has 1 saturated heterocycles. The number of benzene rings is 1. The fourth-order valence-electron chi connectivity index (χ4n) is 2.75. The standard InChI is InChI=1S/C15H18ClN5O/c16-13-5-1-2-6-14(13)19-15(22)20-7-3-4-12(8-20)9-21-11-17-10-18-21/h1-2,5-6,10-12H,3-4,7-9H2,(H,19,22)/t12-/m0/s1. The number of carbonyl (C=O) groups is 1. The number of urea groups is 1. The Kier molecular flexibility index (Phi) is 4.58. The Labute approximate surface area is 134 Å². The number of carbonyl (C=O) groups excluding carboxylic acids is 1. The summed E-state index contributed by atoms with van der Waals surface area (Å²) in [4.78, 5) is 18.2. The van der Waals surface area contributed by atoms with E-state index in [9.17, 15) is 4.79 Å². The normalized spacial score (nSPS) is 18.2. The van der Waals surface area contributed by atoms with Crippen LogP contribution in [0.3, 0.4) is 0 Å². The van der Waals surface area contributed by atoms with Gasteiger partial charge in [0.15, 0.2) is 0 Å². The summed E-state index contributed by atoms with van der Waals surface area (Å²) in [6.07, 6.45) is 5.33. The van der Waals surface area contributed by atoms with Gasteiger partial charge >= 0.3 is 6.03 Å². The summed E-state index contributed by atoms with van der Waals surface area (Å²) in [5.41, 5.74) is 0.646. The molecule has 0 saturated carbocycles. The van der Waals surface area contributed by atoms with Crippen LogP contribution in [0.2, 0.25) is 5.02 Å². The van der Waals surface area contributed by atoms with Crippen molar-refractivity contribution in [1.29, 1.82) is 0 Å². The van der Waals surface area contributed by atoms with Crippen molar-refractivity contribution in [1.82, 2.24) is 19.7 Å². The van der Waals surface area contributed by atoms with Gasteiger partial charge in [-0.3, -0.25) is 4.68 Å². The van der Waals surface area contributed by atoms with Gasteiger partial charge in [-0.2, -0.15) is 5.10 Å². The lowest BCUT2D eigenvalue weighted by atomic mass is 9.98. The van der Waals surface area contributed by atoms with E-state index < -0.39 is 0 Å². The second kappa shape index (κ2) is 6.79. The Bertz CT molecular complexity index is 631. The molecule has 0 radical (unpaired) electrons. The van der Waals surface area contributed by atoms with E-state index in [-0.39, 0.29) is 6.03 Å². The Morgan fingerprint density at radius 1 is 1.41 bits per heavy atom. The summed E-state index contributed by atoms with van der Waals surface area (Å²) in [7, 11) is 0. The first-order chi connectivity index (χ1) is 10.7. The quantitative estimate of drug-likeness (QED) is 0.946. The lowest BCUT2D eigenvalue weighted by Crippen LogP contribution is -2.43. The van der Waals surface area contributed by atoms with Crippen LogP contribution in [0, 0.1) is 5.92 Å². The molecule has 6 nitrogen and oxygen atoms in total. The topological polar surface area (TPSA) is 63.1 Å². The van der Waals surface area contributed by atoms with Gasteiger partial charge in [-0.25, -0.2) is 9.78 Å². The van der Waals surface area contributed by atoms with Gasteiger partial charge in [0.2, 0.25) is 0 Å². The van der Waals surface area contributed by atoms with Crippen molar-refractivity contribution in [2.24, 2.45) is 5.92 Å². The highest BCUT2D eigenvalue weighted by Crippen LogP contribution is 2.23. The number of hydrogen-bond acceptors (Lipinski definition) is 3. The zero-order valence-corrected chi connectivity index (χ0v) is 12.9. The molecule has 1 aromatic heterocycles. The summed E-state index contributed by atoms with van der Waals surface area (Å²) in [6, 6.07) is 7.16. The number of para-hydroxylation sites is 1. The fourth-order valence-corrected chi connectivity index (χ4v) is 2.93. The van der Waals surface area contributed by atoms with Gasteiger partial charge in [0.05, 0.1) is 10.7 Å². The number of nitrogens with one attached hydrogen (secondary N) is 1. The lowest BCUT2D eigenvalue weighted by molar-refractivity contribution is 0.168. The highest BCUT2D eigenvalue weighted by molar-refractivity contribution is 6.33. The Morgan fingerprint density at radius 2 is 2.27 bits per heavy atom.